The van der Waals surface area contributed by atoms with Crippen LogP contribution < -0.4 is 11.2 Å². The number of fused-ring (bicyclic) bond motifs is 2. The van der Waals surface area contributed by atoms with Crippen LogP contribution in [0.4, 0.5) is 0 Å². The number of hydrogen-bond acceptors (Lipinski definition) is 3. The lowest BCUT2D eigenvalue weighted by Crippen LogP contribution is -2.47. The van der Waals surface area contributed by atoms with E-state index >= 15 is 0 Å². The van der Waals surface area contributed by atoms with Crippen molar-refractivity contribution in [1.29, 1.82) is 0 Å². The molecule has 2 saturated heterocycles. The molecule has 6 nitrogen and oxygen atoms in total. The second-order valence-corrected chi connectivity index (χ2v) is 8.34. The highest BCUT2D eigenvalue weighted by Gasteiger charge is 2.44. The van der Waals surface area contributed by atoms with Crippen LogP contribution in [-0.2, 0) is 11.3 Å². The van der Waals surface area contributed by atoms with Crippen molar-refractivity contribution in [2.24, 2.45) is 17.8 Å². The molecule has 2 aromatic rings. The summed E-state index contributed by atoms with van der Waals surface area (Å²) in [7, 11) is 0. The predicted octanol–water partition coefficient (Wildman–Crippen LogP) is 1.73. The first kappa shape index (κ1) is 15.9. The average Bonchev–Trinajstić information content (AvgIpc) is 2.82. The number of nitrogens with zero attached hydrogens (tertiary/aromatic N) is 2. The van der Waals surface area contributed by atoms with Gasteiger partial charge in [-0.3, -0.25) is 14.2 Å². The smallest absolute Gasteiger partial charge is 0.329 e. The molecular formula is C20H23N3O3. The molecule has 1 amide bonds. The number of nitrogens with one attached hydrogen (secondary N) is 1. The largest absolute Gasteiger partial charge is 0.338 e. The van der Waals surface area contributed by atoms with Gasteiger partial charge in [0.15, 0.2) is 0 Å². The highest BCUT2D eigenvalue weighted by atomic mass is 16.2. The molecule has 3 heterocycles. The summed E-state index contributed by atoms with van der Waals surface area (Å²) >= 11 is 0. The summed E-state index contributed by atoms with van der Waals surface area (Å²) in [6.07, 6.45) is 5.95. The third-order valence-corrected chi connectivity index (χ3v) is 6.61. The van der Waals surface area contributed by atoms with Gasteiger partial charge in [-0.1, -0.05) is 12.1 Å². The lowest BCUT2D eigenvalue weighted by Gasteiger charge is -2.39. The van der Waals surface area contributed by atoms with Crippen molar-refractivity contribution in [3.63, 3.8) is 0 Å². The summed E-state index contributed by atoms with van der Waals surface area (Å²) in [5.74, 6) is 2.00. The van der Waals surface area contributed by atoms with Gasteiger partial charge >= 0.3 is 5.69 Å². The van der Waals surface area contributed by atoms with E-state index in [1.54, 1.807) is 24.3 Å². The highest BCUT2D eigenvalue weighted by molar-refractivity contribution is 5.79. The maximum absolute atomic E-state index is 13.0. The second kappa shape index (κ2) is 5.83. The summed E-state index contributed by atoms with van der Waals surface area (Å²) in [5, 5.41) is 0.441. The molecule has 4 fully saturated rings. The van der Waals surface area contributed by atoms with Crippen LogP contribution >= 0.6 is 0 Å². The van der Waals surface area contributed by atoms with Gasteiger partial charge < -0.3 is 9.88 Å². The number of carbonyl (C=O) groups is 1. The minimum absolute atomic E-state index is 0.0916. The Balaban J connectivity index is 1.47. The molecule has 136 valence electrons. The van der Waals surface area contributed by atoms with E-state index in [4.69, 9.17) is 0 Å². The highest BCUT2D eigenvalue weighted by Crippen LogP contribution is 2.47. The Morgan fingerprint density at radius 1 is 1.00 bits per heavy atom. The van der Waals surface area contributed by atoms with Crippen LogP contribution in [0.1, 0.15) is 32.1 Å². The topological polar surface area (TPSA) is 75.2 Å². The SMILES string of the molecule is O=C(Cn1c(=O)[nH]c2ccccc2c1=O)N1CC2CC3CC(C2)CC1C3. The first-order chi connectivity index (χ1) is 12.6. The van der Waals surface area contributed by atoms with Gasteiger partial charge in [-0.15, -0.1) is 0 Å². The lowest BCUT2D eigenvalue weighted by atomic mass is 9.68. The summed E-state index contributed by atoms with van der Waals surface area (Å²) in [5.41, 5.74) is -0.391. The molecule has 2 saturated carbocycles. The molecule has 6 heteroatoms. The number of H-pyrrole nitrogens is 1. The maximum Gasteiger partial charge on any atom is 0.329 e. The Labute approximate surface area is 150 Å². The second-order valence-electron chi connectivity index (χ2n) is 8.34. The van der Waals surface area contributed by atoms with Gasteiger partial charge in [-0.25, -0.2) is 4.79 Å². The summed E-state index contributed by atoms with van der Waals surface area (Å²) in [6, 6.07) is 7.21. The van der Waals surface area contributed by atoms with Gasteiger partial charge in [0, 0.05) is 12.6 Å². The van der Waals surface area contributed by atoms with Gasteiger partial charge in [0.1, 0.15) is 6.54 Å². The molecule has 2 aliphatic carbocycles. The van der Waals surface area contributed by atoms with Crippen LogP contribution in [-0.4, -0.2) is 32.9 Å². The van der Waals surface area contributed by atoms with E-state index in [-0.39, 0.29) is 18.5 Å². The van der Waals surface area contributed by atoms with Gasteiger partial charge in [0.2, 0.25) is 5.91 Å². The van der Waals surface area contributed by atoms with E-state index in [0.717, 1.165) is 35.8 Å². The zero-order valence-electron chi connectivity index (χ0n) is 14.7. The molecule has 4 bridgehead atoms. The molecule has 0 radical (unpaired) electrons. The number of hydrogen-bond donors (Lipinski definition) is 1. The van der Waals surface area contributed by atoms with Crippen molar-refractivity contribution in [3.05, 3.63) is 45.1 Å². The maximum atomic E-state index is 13.0. The number of benzene rings is 1. The van der Waals surface area contributed by atoms with E-state index in [1.165, 1.54) is 19.3 Å². The molecule has 4 aliphatic rings. The fourth-order valence-corrected chi connectivity index (χ4v) is 5.66. The van der Waals surface area contributed by atoms with E-state index in [2.05, 4.69) is 4.98 Å². The molecule has 1 N–H and O–H groups in total. The predicted molar refractivity (Wildman–Crippen MR) is 97.9 cm³/mol. The normalized spacial score (nSPS) is 29.9. The molecule has 2 atom stereocenters. The molecule has 0 spiro atoms. The molecule has 1 aromatic carbocycles. The number of rotatable bonds is 2. The van der Waals surface area contributed by atoms with Crippen LogP contribution in [0.15, 0.2) is 33.9 Å². The fourth-order valence-electron chi connectivity index (χ4n) is 5.66. The van der Waals surface area contributed by atoms with Gasteiger partial charge in [0.25, 0.3) is 5.56 Å². The molecule has 26 heavy (non-hydrogen) atoms. The molecule has 6 rings (SSSR count). The van der Waals surface area contributed by atoms with Crippen molar-refractivity contribution < 1.29 is 4.79 Å². The third-order valence-electron chi connectivity index (χ3n) is 6.61. The first-order valence-corrected chi connectivity index (χ1v) is 9.60. The van der Waals surface area contributed by atoms with E-state index < -0.39 is 11.2 Å². The summed E-state index contributed by atoms with van der Waals surface area (Å²) < 4.78 is 1.06. The van der Waals surface area contributed by atoms with Crippen molar-refractivity contribution in [1.82, 2.24) is 14.5 Å². The number of para-hydroxylation sites is 1. The Bertz CT molecular complexity index is 978. The number of amides is 1. The standard InChI is InChI=1S/C20H23N3O3/c24-18(22-10-14-6-12-5-13(7-14)9-15(22)8-12)11-23-19(25)16-3-1-2-4-17(16)21-20(23)26/h1-4,12-15H,5-11H2,(H,21,26). The minimum Gasteiger partial charge on any atom is -0.338 e. The molecule has 1 aromatic heterocycles. The van der Waals surface area contributed by atoms with Crippen LogP contribution in [0.25, 0.3) is 10.9 Å². The van der Waals surface area contributed by atoms with Crippen molar-refractivity contribution in [3.8, 4) is 0 Å². The Morgan fingerprint density at radius 2 is 1.69 bits per heavy atom. The Morgan fingerprint density at radius 3 is 2.46 bits per heavy atom. The first-order valence-electron chi connectivity index (χ1n) is 9.60. The number of carbonyl (C=O) groups excluding carboxylic acids is 1. The zero-order chi connectivity index (χ0) is 17.8. The van der Waals surface area contributed by atoms with Crippen molar-refractivity contribution in [2.75, 3.05) is 6.54 Å². The minimum atomic E-state index is -0.511. The van der Waals surface area contributed by atoms with Crippen molar-refractivity contribution >= 4 is 16.8 Å². The Kier molecular flexibility index (Phi) is 3.55. The summed E-state index contributed by atoms with van der Waals surface area (Å²) in [4.78, 5) is 42.8. The Hall–Kier alpha value is -2.37. The van der Waals surface area contributed by atoms with E-state index in [9.17, 15) is 14.4 Å². The molecule has 2 aliphatic heterocycles. The van der Waals surface area contributed by atoms with Gasteiger partial charge in [-0.05, 0) is 62.0 Å². The third kappa shape index (κ3) is 2.50. The summed E-state index contributed by atoms with van der Waals surface area (Å²) in [6.45, 7) is 0.619. The molecule has 2 unspecified atom stereocenters. The number of aromatic nitrogens is 2. The lowest BCUT2D eigenvalue weighted by molar-refractivity contribution is -0.134. The van der Waals surface area contributed by atoms with Crippen LogP contribution in [0.3, 0.4) is 0 Å². The number of aromatic amines is 1. The van der Waals surface area contributed by atoms with Crippen LogP contribution in [0.5, 0.6) is 0 Å². The fraction of sp³-hybridized carbons (Fsp3) is 0.550. The zero-order valence-corrected chi connectivity index (χ0v) is 14.7. The van der Waals surface area contributed by atoms with Crippen LogP contribution in [0, 0.1) is 17.8 Å². The van der Waals surface area contributed by atoms with Crippen molar-refractivity contribution in [2.45, 2.75) is 44.7 Å². The van der Waals surface area contributed by atoms with Gasteiger partial charge in [0.05, 0.1) is 10.9 Å². The molecular weight excluding hydrogens is 330 g/mol. The monoisotopic (exact) mass is 353 g/mol. The van der Waals surface area contributed by atoms with E-state index in [0.29, 0.717) is 16.8 Å². The van der Waals surface area contributed by atoms with Crippen LogP contribution in [0.2, 0.25) is 0 Å². The quantitative estimate of drug-likeness (QED) is 0.893. The average molecular weight is 353 g/mol. The van der Waals surface area contributed by atoms with Gasteiger partial charge in [-0.2, -0.15) is 0 Å². The van der Waals surface area contributed by atoms with E-state index in [1.807, 2.05) is 4.90 Å².